The van der Waals surface area contributed by atoms with Crippen molar-refractivity contribution in [1.29, 1.82) is 0 Å². The zero-order chi connectivity index (χ0) is 33.5. The summed E-state index contributed by atoms with van der Waals surface area (Å²) in [6.07, 6.45) is -0.250. The molecule has 7 aromatic carbocycles. The van der Waals surface area contributed by atoms with Crippen molar-refractivity contribution in [2.75, 3.05) is 0 Å². The molecule has 0 amide bonds. The minimum absolute atomic E-state index is 0.0553. The van der Waals surface area contributed by atoms with Gasteiger partial charge in [0.2, 0.25) is 0 Å². The molecular formula is C45H31N3OS2. The number of furan rings is 1. The molecule has 1 aliphatic rings. The molecule has 51 heavy (non-hydrogen) atoms. The maximum Gasteiger partial charge on any atom is 0.135 e. The summed E-state index contributed by atoms with van der Waals surface area (Å²) in [6.45, 7) is 0. The highest BCUT2D eigenvalue weighted by Gasteiger charge is 2.30. The van der Waals surface area contributed by atoms with Gasteiger partial charge in [-0.2, -0.15) is 0 Å². The number of hydrogen-bond donors (Lipinski definition) is 3. The monoisotopic (exact) mass is 693 g/mol. The van der Waals surface area contributed by atoms with Crippen molar-refractivity contribution < 1.29 is 4.42 Å². The lowest BCUT2D eigenvalue weighted by molar-refractivity contribution is 0.203. The van der Waals surface area contributed by atoms with Gasteiger partial charge in [-0.15, -0.1) is 22.7 Å². The van der Waals surface area contributed by atoms with Crippen LogP contribution in [0.25, 0.3) is 73.4 Å². The Labute approximate surface area is 302 Å². The molecule has 1 saturated heterocycles. The summed E-state index contributed by atoms with van der Waals surface area (Å²) in [5.74, 6) is 0. The highest BCUT2D eigenvalue weighted by atomic mass is 32.1. The molecule has 0 saturated carbocycles. The Hall–Kier alpha value is -5.34. The van der Waals surface area contributed by atoms with Crippen molar-refractivity contribution in [3.05, 3.63) is 168 Å². The molecule has 3 unspecified atom stereocenters. The van der Waals surface area contributed by atoms with E-state index >= 15 is 0 Å². The first-order chi connectivity index (χ1) is 25.2. The maximum absolute atomic E-state index is 6.30. The first kappa shape index (κ1) is 29.4. The van der Waals surface area contributed by atoms with E-state index < -0.39 is 0 Å². The van der Waals surface area contributed by atoms with E-state index in [2.05, 4.69) is 155 Å². The van der Waals surface area contributed by atoms with Crippen molar-refractivity contribution in [3.8, 4) is 11.1 Å². The van der Waals surface area contributed by atoms with Crippen LogP contribution in [0, 0.1) is 0 Å². The molecule has 0 radical (unpaired) electrons. The van der Waals surface area contributed by atoms with Gasteiger partial charge in [-0.1, -0.05) is 121 Å². The van der Waals surface area contributed by atoms with Gasteiger partial charge < -0.3 is 4.42 Å². The first-order valence-corrected chi connectivity index (χ1v) is 19.0. The van der Waals surface area contributed by atoms with Gasteiger partial charge in [0.1, 0.15) is 11.2 Å². The smallest absolute Gasteiger partial charge is 0.135 e. The second-order valence-electron chi connectivity index (χ2n) is 13.4. The van der Waals surface area contributed by atoms with Crippen LogP contribution in [0.5, 0.6) is 0 Å². The van der Waals surface area contributed by atoms with E-state index in [0.29, 0.717) is 0 Å². The van der Waals surface area contributed by atoms with E-state index in [9.17, 15) is 0 Å². The summed E-state index contributed by atoms with van der Waals surface area (Å²) in [5.41, 5.74) is 7.96. The van der Waals surface area contributed by atoms with Gasteiger partial charge in [0, 0.05) is 56.7 Å². The number of hydrogen-bond acceptors (Lipinski definition) is 6. The molecule has 244 valence electrons. The summed E-state index contributed by atoms with van der Waals surface area (Å²) in [5, 5.41) is 19.2. The molecule has 0 aliphatic carbocycles. The summed E-state index contributed by atoms with van der Waals surface area (Å²) in [7, 11) is 0. The van der Waals surface area contributed by atoms with Gasteiger partial charge in [0.25, 0.3) is 0 Å². The zero-order valence-corrected chi connectivity index (χ0v) is 29.0. The van der Waals surface area contributed by atoms with Crippen LogP contribution in [0.4, 0.5) is 0 Å². The normalized spacial score (nSPS) is 18.2. The van der Waals surface area contributed by atoms with Gasteiger partial charge in [-0.05, 0) is 52.6 Å². The predicted octanol–water partition coefficient (Wildman–Crippen LogP) is 12.2. The third-order valence-corrected chi connectivity index (χ3v) is 12.8. The quantitative estimate of drug-likeness (QED) is 0.172. The maximum atomic E-state index is 6.30. The average Bonchev–Trinajstić information content (AvgIpc) is 3.88. The van der Waals surface area contributed by atoms with E-state index in [1.807, 2.05) is 34.8 Å². The van der Waals surface area contributed by atoms with E-state index in [4.69, 9.17) is 4.42 Å². The fourth-order valence-corrected chi connectivity index (χ4v) is 10.4. The largest absolute Gasteiger partial charge is 0.456 e. The number of rotatable bonds is 4. The summed E-state index contributed by atoms with van der Waals surface area (Å²) in [6, 6.07) is 54.8. The van der Waals surface area contributed by atoms with Crippen LogP contribution in [0.15, 0.2) is 156 Å². The van der Waals surface area contributed by atoms with E-state index in [1.54, 1.807) is 0 Å². The van der Waals surface area contributed by atoms with Crippen LogP contribution in [-0.2, 0) is 0 Å². The van der Waals surface area contributed by atoms with Gasteiger partial charge >= 0.3 is 0 Å². The Morgan fingerprint density at radius 3 is 1.88 bits per heavy atom. The highest BCUT2D eigenvalue weighted by Crippen LogP contribution is 2.45. The van der Waals surface area contributed by atoms with Gasteiger partial charge in [-0.3, -0.25) is 16.0 Å². The van der Waals surface area contributed by atoms with Crippen molar-refractivity contribution in [1.82, 2.24) is 16.0 Å². The molecule has 1 aliphatic heterocycles. The van der Waals surface area contributed by atoms with Gasteiger partial charge in [0.05, 0.1) is 18.5 Å². The van der Waals surface area contributed by atoms with Crippen molar-refractivity contribution in [3.63, 3.8) is 0 Å². The lowest BCUT2D eigenvalue weighted by atomic mass is 9.97. The zero-order valence-electron chi connectivity index (χ0n) is 27.4. The van der Waals surface area contributed by atoms with Gasteiger partial charge in [-0.25, -0.2) is 0 Å². The SMILES string of the molecule is c1ccc(C2NC(c3ccc4c(c3)oc3ccccc34)NC(c3ccc4c(c3)sc3cccc(-c5cccc6c5sc5ccccc56)c34)N2)cc1. The lowest BCUT2D eigenvalue weighted by Gasteiger charge is -2.39. The third kappa shape index (κ3) is 4.76. The molecule has 3 atom stereocenters. The molecule has 6 heteroatoms. The summed E-state index contributed by atoms with van der Waals surface area (Å²) < 4.78 is 11.6. The van der Waals surface area contributed by atoms with Crippen LogP contribution < -0.4 is 16.0 Å². The van der Waals surface area contributed by atoms with Crippen LogP contribution in [-0.4, -0.2) is 0 Å². The number of para-hydroxylation sites is 1. The minimum atomic E-state index is -0.106. The topological polar surface area (TPSA) is 49.2 Å². The van der Waals surface area contributed by atoms with Crippen LogP contribution in [0.3, 0.4) is 0 Å². The molecule has 0 bridgehead atoms. The average molecular weight is 694 g/mol. The Morgan fingerprint density at radius 1 is 0.392 bits per heavy atom. The molecular weight excluding hydrogens is 663 g/mol. The van der Waals surface area contributed by atoms with Crippen LogP contribution in [0.1, 0.15) is 35.2 Å². The summed E-state index contributed by atoms with van der Waals surface area (Å²) >= 11 is 3.77. The molecule has 3 aromatic heterocycles. The van der Waals surface area contributed by atoms with Gasteiger partial charge in [0.15, 0.2) is 0 Å². The second-order valence-corrected chi connectivity index (χ2v) is 15.5. The molecule has 0 spiro atoms. The highest BCUT2D eigenvalue weighted by molar-refractivity contribution is 7.26. The van der Waals surface area contributed by atoms with Crippen LogP contribution in [0.2, 0.25) is 0 Å². The minimum Gasteiger partial charge on any atom is -0.456 e. The van der Waals surface area contributed by atoms with Crippen molar-refractivity contribution in [2.24, 2.45) is 0 Å². The molecule has 4 nitrogen and oxygen atoms in total. The fourth-order valence-electron chi connectivity index (χ4n) is 7.99. The van der Waals surface area contributed by atoms with Crippen molar-refractivity contribution >= 4 is 85.0 Å². The first-order valence-electron chi connectivity index (χ1n) is 17.4. The summed E-state index contributed by atoms with van der Waals surface area (Å²) in [4.78, 5) is 0. The third-order valence-electron chi connectivity index (χ3n) is 10.4. The Kier molecular flexibility index (Phi) is 6.69. The van der Waals surface area contributed by atoms with E-state index in [0.717, 1.165) is 27.5 Å². The second kappa shape index (κ2) is 11.6. The molecule has 11 rings (SSSR count). The molecule has 4 heterocycles. The predicted molar refractivity (Wildman–Crippen MR) is 215 cm³/mol. The Morgan fingerprint density at radius 2 is 1.02 bits per heavy atom. The Balaban J connectivity index is 1.01. The Bertz CT molecular complexity index is 2940. The molecule has 1 fully saturated rings. The van der Waals surface area contributed by atoms with Crippen molar-refractivity contribution in [2.45, 2.75) is 18.5 Å². The standard InChI is InChI=1S/C45H31N3OS2/c1-2-10-26(11-3-1)43-46-44(27-20-22-30-29-12-4-6-17-36(29)49-37(30)24-27)48-45(47-43)28-21-23-35-40(25-28)50-39-19-9-14-32(41(35)39)34-16-8-15-33-31-13-5-7-18-38(31)51-42(33)34/h1-25,43-48H. The fraction of sp³-hybridized carbons (Fsp3) is 0.0667. The lowest BCUT2D eigenvalue weighted by Crippen LogP contribution is -2.54. The number of fused-ring (bicyclic) bond motifs is 9. The number of thiophene rings is 2. The number of nitrogens with one attached hydrogen (secondary N) is 3. The van der Waals surface area contributed by atoms with E-state index in [-0.39, 0.29) is 18.5 Å². The van der Waals surface area contributed by atoms with Crippen LogP contribution >= 0.6 is 22.7 Å². The molecule has 10 aromatic rings. The van der Waals surface area contributed by atoms with E-state index in [1.165, 1.54) is 62.6 Å². The number of benzene rings is 7. The molecule has 3 N–H and O–H groups in total.